The van der Waals surface area contributed by atoms with Crippen molar-refractivity contribution in [2.75, 3.05) is 12.3 Å². The first-order valence-electron chi connectivity index (χ1n) is 8.54. The van der Waals surface area contributed by atoms with E-state index in [1.54, 1.807) is 0 Å². The van der Waals surface area contributed by atoms with Crippen LogP contribution in [0.5, 0.6) is 0 Å². The zero-order chi connectivity index (χ0) is 14.6. The standard InChI is InChI=1S/C17H32N2S/c1-5-17(6-2)11-18-16(20-12-17)19-15-10-8-7-9-14(15)13(3)4/h13-15H,5-12H2,1-4H3,(H,18,19). The predicted molar refractivity (Wildman–Crippen MR) is 91.5 cm³/mol. The maximum atomic E-state index is 4.88. The molecular formula is C17H32N2S. The van der Waals surface area contributed by atoms with E-state index in [1.807, 2.05) is 11.8 Å². The number of thioether (sulfide) groups is 1. The van der Waals surface area contributed by atoms with E-state index in [9.17, 15) is 0 Å². The van der Waals surface area contributed by atoms with Crippen molar-refractivity contribution in [3.05, 3.63) is 0 Å². The van der Waals surface area contributed by atoms with Crippen LogP contribution < -0.4 is 5.32 Å². The third-order valence-electron chi connectivity index (χ3n) is 5.56. The van der Waals surface area contributed by atoms with Gasteiger partial charge in [0.2, 0.25) is 0 Å². The van der Waals surface area contributed by atoms with Gasteiger partial charge < -0.3 is 5.32 Å². The summed E-state index contributed by atoms with van der Waals surface area (Å²) in [5.74, 6) is 2.86. The highest BCUT2D eigenvalue weighted by atomic mass is 32.2. The highest BCUT2D eigenvalue weighted by molar-refractivity contribution is 8.13. The van der Waals surface area contributed by atoms with Gasteiger partial charge in [0.05, 0.1) is 0 Å². The van der Waals surface area contributed by atoms with Crippen molar-refractivity contribution in [1.82, 2.24) is 5.32 Å². The van der Waals surface area contributed by atoms with Crippen molar-refractivity contribution in [1.29, 1.82) is 0 Å². The van der Waals surface area contributed by atoms with Crippen LogP contribution in [0.15, 0.2) is 4.99 Å². The van der Waals surface area contributed by atoms with E-state index < -0.39 is 0 Å². The van der Waals surface area contributed by atoms with E-state index in [-0.39, 0.29) is 0 Å². The maximum absolute atomic E-state index is 4.88. The zero-order valence-corrected chi connectivity index (χ0v) is 14.6. The van der Waals surface area contributed by atoms with Gasteiger partial charge in [-0.25, -0.2) is 0 Å². The zero-order valence-electron chi connectivity index (χ0n) is 13.7. The lowest BCUT2D eigenvalue weighted by Gasteiger charge is -2.38. The summed E-state index contributed by atoms with van der Waals surface area (Å²) in [6.45, 7) is 10.4. The van der Waals surface area contributed by atoms with Crippen LogP contribution in [0.4, 0.5) is 0 Å². The van der Waals surface area contributed by atoms with Gasteiger partial charge in [-0.05, 0) is 42.9 Å². The Morgan fingerprint density at radius 3 is 2.50 bits per heavy atom. The van der Waals surface area contributed by atoms with Gasteiger partial charge >= 0.3 is 0 Å². The van der Waals surface area contributed by atoms with Crippen molar-refractivity contribution in [3.63, 3.8) is 0 Å². The molecule has 0 spiro atoms. The van der Waals surface area contributed by atoms with Crippen LogP contribution in [0.1, 0.15) is 66.2 Å². The van der Waals surface area contributed by atoms with Crippen molar-refractivity contribution in [2.24, 2.45) is 22.2 Å². The molecule has 1 heterocycles. The maximum Gasteiger partial charge on any atom is 0.156 e. The van der Waals surface area contributed by atoms with E-state index in [0.717, 1.165) is 18.4 Å². The van der Waals surface area contributed by atoms with Gasteiger partial charge in [-0.2, -0.15) is 0 Å². The minimum atomic E-state index is 0.458. The van der Waals surface area contributed by atoms with Crippen LogP contribution >= 0.6 is 11.8 Å². The van der Waals surface area contributed by atoms with Gasteiger partial charge in [-0.1, -0.05) is 52.3 Å². The summed E-state index contributed by atoms with van der Waals surface area (Å²) < 4.78 is 0. The van der Waals surface area contributed by atoms with Crippen molar-refractivity contribution in [2.45, 2.75) is 72.3 Å². The number of nitrogens with zero attached hydrogens (tertiary/aromatic N) is 1. The molecular weight excluding hydrogens is 264 g/mol. The van der Waals surface area contributed by atoms with E-state index >= 15 is 0 Å². The van der Waals surface area contributed by atoms with Crippen LogP contribution in [0.2, 0.25) is 0 Å². The molecule has 1 aliphatic carbocycles. The average Bonchev–Trinajstić information content (AvgIpc) is 2.49. The lowest BCUT2D eigenvalue weighted by molar-refractivity contribution is 0.224. The Bertz CT molecular complexity index is 334. The van der Waals surface area contributed by atoms with Gasteiger partial charge in [0, 0.05) is 18.3 Å². The predicted octanol–water partition coefficient (Wildman–Crippen LogP) is 4.70. The normalized spacial score (nSPS) is 30.1. The largest absolute Gasteiger partial charge is 0.362 e. The monoisotopic (exact) mass is 296 g/mol. The van der Waals surface area contributed by atoms with Crippen LogP contribution in [0.25, 0.3) is 0 Å². The molecule has 2 rings (SSSR count). The van der Waals surface area contributed by atoms with Crippen LogP contribution in [0.3, 0.4) is 0 Å². The number of amidine groups is 1. The van der Waals surface area contributed by atoms with Gasteiger partial charge in [0.1, 0.15) is 0 Å². The Balaban J connectivity index is 1.95. The smallest absolute Gasteiger partial charge is 0.156 e. The molecule has 0 saturated heterocycles. The third kappa shape index (κ3) is 3.72. The SMILES string of the molecule is CCC1(CC)CN=C(NC2CCCCC2C(C)C)SC1. The first kappa shape index (κ1) is 16.2. The molecule has 3 heteroatoms. The molecule has 0 aromatic carbocycles. The molecule has 2 aliphatic rings. The summed E-state index contributed by atoms with van der Waals surface area (Å²) in [4.78, 5) is 4.88. The Kier molecular flexibility index (Phi) is 5.83. The molecule has 0 bridgehead atoms. The second kappa shape index (κ2) is 7.20. The van der Waals surface area contributed by atoms with E-state index in [0.29, 0.717) is 11.5 Å². The topological polar surface area (TPSA) is 24.4 Å². The fourth-order valence-corrected chi connectivity index (χ4v) is 4.95. The first-order chi connectivity index (χ1) is 9.60. The fourth-order valence-electron chi connectivity index (χ4n) is 3.61. The van der Waals surface area contributed by atoms with Gasteiger partial charge in [0.25, 0.3) is 0 Å². The molecule has 20 heavy (non-hydrogen) atoms. The molecule has 0 aromatic rings. The quantitative estimate of drug-likeness (QED) is 0.813. The van der Waals surface area contributed by atoms with Crippen LogP contribution in [0, 0.1) is 17.3 Å². The van der Waals surface area contributed by atoms with E-state index in [4.69, 9.17) is 4.99 Å². The molecule has 1 fully saturated rings. The highest BCUT2D eigenvalue weighted by Crippen LogP contribution is 2.36. The second-order valence-electron chi connectivity index (χ2n) is 7.06. The molecule has 1 saturated carbocycles. The van der Waals surface area contributed by atoms with Gasteiger partial charge in [0.15, 0.2) is 5.17 Å². The van der Waals surface area contributed by atoms with Gasteiger partial charge in [-0.15, -0.1) is 0 Å². The first-order valence-corrected chi connectivity index (χ1v) is 9.52. The van der Waals surface area contributed by atoms with Crippen LogP contribution in [-0.4, -0.2) is 23.5 Å². The number of rotatable bonds is 4. The minimum absolute atomic E-state index is 0.458. The fraction of sp³-hybridized carbons (Fsp3) is 0.941. The number of nitrogens with one attached hydrogen (secondary N) is 1. The minimum Gasteiger partial charge on any atom is -0.362 e. The molecule has 1 N–H and O–H groups in total. The third-order valence-corrected chi connectivity index (χ3v) is 6.83. The summed E-state index contributed by atoms with van der Waals surface area (Å²) in [7, 11) is 0. The van der Waals surface area contributed by atoms with Crippen molar-refractivity contribution < 1.29 is 0 Å². The van der Waals surface area contributed by atoms with Crippen LogP contribution in [-0.2, 0) is 0 Å². The summed E-state index contributed by atoms with van der Waals surface area (Å²) in [5.41, 5.74) is 0.458. The summed E-state index contributed by atoms with van der Waals surface area (Å²) >= 11 is 1.97. The molecule has 0 aromatic heterocycles. The van der Waals surface area contributed by atoms with E-state index in [2.05, 4.69) is 33.0 Å². The molecule has 2 unspecified atom stereocenters. The summed E-state index contributed by atoms with van der Waals surface area (Å²) in [6, 6.07) is 0.658. The molecule has 1 aliphatic heterocycles. The number of hydrogen-bond donors (Lipinski definition) is 1. The van der Waals surface area contributed by atoms with Crippen molar-refractivity contribution >= 4 is 16.9 Å². The molecule has 0 radical (unpaired) electrons. The van der Waals surface area contributed by atoms with Crippen molar-refractivity contribution in [3.8, 4) is 0 Å². The molecule has 2 atom stereocenters. The summed E-state index contributed by atoms with van der Waals surface area (Å²) in [6.07, 6.45) is 8.02. The van der Waals surface area contributed by atoms with Gasteiger partial charge in [-0.3, -0.25) is 4.99 Å². The number of hydrogen-bond acceptors (Lipinski definition) is 3. The van der Waals surface area contributed by atoms with E-state index in [1.165, 1.54) is 49.4 Å². The highest BCUT2D eigenvalue weighted by Gasteiger charge is 2.32. The lowest BCUT2D eigenvalue weighted by atomic mass is 9.78. The number of aliphatic imine (C=N–C) groups is 1. The lowest BCUT2D eigenvalue weighted by Crippen LogP contribution is -2.45. The Morgan fingerprint density at radius 1 is 1.25 bits per heavy atom. The Labute approximate surface area is 129 Å². The summed E-state index contributed by atoms with van der Waals surface area (Å²) in [5, 5.41) is 5.01. The second-order valence-corrected chi connectivity index (χ2v) is 8.02. The Morgan fingerprint density at radius 2 is 1.95 bits per heavy atom. The average molecular weight is 297 g/mol. The molecule has 2 nitrogen and oxygen atoms in total. The Hall–Kier alpha value is -0.180. The molecule has 0 amide bonds. The molecule has 116 valence electrons.